The van der Waals surface area contributed by atoms with E-state index in [-0.39, 0.29) is 0 Å². The monoisotopic (exact) mass is 233 g/mol. The maximum Gasteiger partial charge on any atom is 0.123 e. The van der Waals surface area contributed by atoms with Gasteiger partial charge >= 0.3 is 0 Å². The molecule has 1 saturated carbocycles. The lowest BCUT2D eigenvalue weighted by Crippen LogP contribution is -2.25. The zero-order valence-electron chi connectivity index (χ0n) is 11.0. The Morgan fingerprint density at radius 3 is 2.76 bits per heavy atom. The molecular formula is C15H23NO. The first-order valence-electron chi connectivity index (χ1n) is 6.75. The van der Waals surface area contributed by atoms with Crippen LogP contribution in [0.4, 0.5) is 0 Å². The summed E-state index contributed by atoms with van der Waals surface area (Å²) in [7, 11) is 0. The molecule has 0 unspecified atom stereocenters. The van der Waals surface area contributed by atoms with Crippen LogP contribution in [0.3, 0.4) is 0 Å². The van der Waals surface area contributed by atoms with E-state index in [0.717, 1.165) is 18.9 Å². The molecule has 1 aromatic rings. The summed E-state index contributed by atoms with van der Waals surface area (Å²) in [5.74, 6) is 1.03. The van der Waals surface area contributed by atoms with Crippen LogP contribution >= 0.6 is 0 Å². The number of hydrogen-bond acceptors (Lipinski definition) is 2. The predicted octanol–water partition coefficient (Wildman–Crippen LogP) is 3.43. The molecule has 2 rings (SSSR count). The number of benzene rings is 1. The van der Waals surface area contributed by atoms with Crippen molar-refractivity contribution in [3.63, 3.8) is 0 Å². The molecule has 17 heavy (non-hydrogen) atoms. The molecule has 0 radical (unpaired) electrons. The summed E-state index contributed by atoms with van der Waals surface area (Å²) in [5.41, 5.74) is 2.59. The standard InChI is InChI=1S/C15H23NO/c1-3-17-15-9-8-12(2)10-13(15)11-16-14-6-4-5-7-14/h8-10,14,16H,3-7,11H2,1-2H3. The molecule has 0 aromatic heterocycles. The summed E-state index contributed by atoms with van der Waals surface area (Å²) in [6.45, 7) is 5.84. The predicted molar refractivity (Wildman–Crippen MR) is 71.4 cm³/mol. The summed E-state index contributed by atoms with van der Waals surface area (Å²) in [6, 6.07) is 7.14. The van der Waals surface area contributed by atoms with Gasteiger partial charge in [0.2, 0.25) is 0 Å². The third-order valence-electron chi connectivity index (χ3n) is 3.45. The molecular weight excluding hydrogens is 210 g/mol. The van der Waals surface area contributed by atoms with E-state index < -0.39 is 0 Å². The van der Waals surface area contributed by atoms with Crippen LogP contribution in [0.1, 0.15) is 43.7 Å². The summed E-state index contributed by atoms with van der Waals surface area (Å²) in [6.07, 6.45) is 5.42. The average Bonchev–Trinajstić information content (AvgIpc) is 2.82. The Labute approximate surface area is 104 Å². The van der Waals surface area contributed by atoms with Crippen molar-refractivity contribution >= 4 is 0 Å². The highest BCUT2D eigenvalue weighted by Gasteiger charge is 2.14. The van der Waals surface area contributed by atoms with Gasteiger partial charge in [-0.15, -0.1) is 0 Å². The summed E-state index contributed by atoms with van der Waals surface area (Å²) in [4.78, 5) is 0. The van der Waals surface area contributed by atoms with E-state index in [0.29, 0.717) is 6.04 Å². The minimum Gasteiger partial charge on any atom is -0.494 e. The Balaban J connectivity index is 1.99. The summed E-state index contributed by atoms with van der Waals surface area (Å²) >= 11 is 0. The molecule has 1 aromatic carbocycles. The second-order valence-corrected chi connectivity index (χ2v) is 4.91. The highest BCUT2D eigenvalue weighted by Crippen LogP contribution is 2.22. The van der Waals surface area contributed by atoms with Gasteiger partial charge < -0.3 is 10.1 Å². The molecule has 0 saturated heterocycles. The molecule has 0 spiro atoms. The molecule has 0 heterocycles. The Kier molecular flexibility index (Phi) is 4.43. The first kappa shape index (κ1) is 12.4. The van der Waals surface area contributed by atoms with Crippen molar-refractivity contribution in [2.24, 2.45) is 0 Å². The number of hydrogen-bond donors (Lipinski definition) is 1. The number of rotatable bonds is 5. The van der Waals surface area contributed by atoms with Crippen molar-refractivity contribution in [1.29, 1.82) is 0 Å². The van der Waals surface area contributed by atoms with Gasteiger partial charge in [0.25, 0.3) is 0 Å². The second kappa shape index (κ2) is 6.06. The van der Waals surface area contributed by atoms with Gasteiger partial charge in [0.05, 0.1) is 6.61 Å². The smallest absolute Gasteiger partial charge is 0.123 e. The highest BCUT2D eigenvalue weighted by molar-refractivity contribution is 5.36. The van der Waals surface area contributed by atoms with Crippen LogP contribution < -0.4 is 10.1 Å². The zero-order chi connectivity index (χ0) is 12.1. The lowest BCUT2D eigenvalue weighted by molar-refractivity contribution is 0.334. The molecule has 94 valence electrons. The van der Waals surface area contributed by atoms with Gasteiger partial charge in [0.1, 0.15) is 5.75 Å². The SMILES string of the molecule is CCOc1ccc(C)cc1CNC1CCCC1. The molecule has 0 aliphatic heterocycles. The molecule has 0 bridgehead atoms. The fourth-order valence-electron chi connectivity index (χ4n) is 2.53. The number of ether oxygens (including phenoxy) is 1. The third-order valence-corrected chi connectivity index (χ3v) is 3.45. The van der Waals surface area contributed by atoms with E-state index in [9.17, 15) is 0 Å². The topological polar surface area (TPSA) is 21.3 Å². The Bertz CT molecular complexity index is 356. The fraction of sp³-hybridized carbons (Fsp3) is 0.600. The number of nitrogens with one attached hydrogen (secondary N) is 1. The normalized spacial score (nSPS) is 16.4. The summed E-state index contributed by atoms with van der Waals surface area (Å²) in [5, 5.41) is 3.64. The molecule has 1 N–H and O–H groups in total. The number of aryl methyl sites for hydroxylation is 1. The van der Waals surface area contributed by atoms with E-state index in [1.807, 2.05) is 6.92 Å². The van der Waals surface area contributed by atoms with Crippen molar-refractivity contribution in [1.82, 2.24) is 5.32 Å². The Morgan fingerprint density at radius 1 is 1.29 bits per heavy atom. The van der Waals surface area contributed by atoms with E-state index in [1.165, 1.54) is 36.8 Å². The van der Waals surface area contributed by atoms with Crippen LogP contribution in [0.15, 0.2) is 18.2 Å². The fourth-order valence-corrected chi connectivity index (χ4v) is 2.53. The van der Waals surface area contributed by atoms with Crippen molar-refractivity contribution < 1.29 is 4.74 Å². The molecule has 2 nitrogen and oxygen atoms in total. The van der Waals surface area contributed by atoms with Gasteiger partial charge in [-0.2, -0.15) is 0 Å². The molecule has 0 atom stereocenters. The van der Waals surface area contributed by atoms with Gasteiger partial charge in [0, 0.05) is 18.2 Å². The first-order chi connectivity index (χ1) is 8.29. The van der Waals surface area contributed by atoms with Crippen LogP contribution in [-0.2, 0) is 6.54 Å². The molecule has 1 aliphatic carbocycles. The zero-order valence-corrected chi connectivity index (χ0v) is 11.0. The maximum atomic E-state index is 5.67. The van der Waals surface area contributed by atoms with Gasteiger partial charge in [-0.1, -0.05) is 30.5 Å². The van der Waals surface area contributed by atoms with Crippen molar-refractivity contribution in [2.45, 2.75) is 52.1 Å². The van der Waals surface area contributed by atoms with Gasteiger partial charge in [-0.3, -0.25) is 0 Å². The molecule has 1 fully saturated rings. The van der Waals surface area contributed by atoms with Crippen LogP contribution in [0.25, 0.3) is 0 Å². The van der Waals surface area contributed by atoms with Gasteiger partial charge in [-0.25, -0.2) is 0 Å². The quantitative estimate of drug-likeness (QED) is 0.841. The third kappa shape index (κ3) is 3.47. The molecule has 2 heteroatoms. The first-order valence-corrected chi connectivity index (χ1v) is 6.75. The van der Waals surface area contributed by atoms with Gasteiger partial charge in [-0.05, 0) is 32.8 Å². The van der Waals surface area contributed by atoms with E-state index in [4.69, 9.17) is 4.74 Å². The molecule has 1 aliphatic rings. The summed E-state index contributed by atoms with van der Waals surface area (Å²) < 4.78 is 5.67. The Morgan fingerprint density at radius 2 is 2.06 bits per heavy atom. The van der Waals surface area contributed by atoms with Crippen LogP contribution in [-0.4, -0.2) is 12.6 Å². The minimum absolute atomic E-state index is 0.713. The van der Waals surface area contributed by atoms with Crippen molar-refractivity contribution in [2.75, 3.05) is 6.61 Å². The van der Waals surface area contributed by atoms with E-state index in [1.54, 1.807) is 0 Å². The lowest BCUT2D eigenvalue weighted by Gasteiger charge is -2.15. The average molecular weight is 233 g/mol. The minimum atomic E-state index is 0.713. The Hall–Kier alpha value is -1.02. The largest absolute Gasteiger partial charge is 0.494 e. The van der Waals surface area contributed by atoms with E-state index in [2.05, 4.69) is 30.4 Å². The van der Waals surface area contributed by atoms with Gasteiger partial charge in [0.15, 0.2) is 0 Å². The lowest BCUT2D eigenvalue weighted by atomic mass is 10.1. The van der Waals surface area contributed by atoms with E-state index >= 15 is 0 Å². The second-order valence-electron chi connectivity index (χ2n) is 4.91. The highest BCUT2D eigenvalue weighted by atomic mass is 16.5. The van der Waals surface area contributed by atoms with Crippen molar-refractivity contribution in [3.05, 3.63) is 29.3 Å². The maximum absolute atomic E-state index is 5.67. The van der Waals surface area contributed by atoms with Crippen LogP contribution in [0.5, 0.6) is 5.75 Å². The molecule has 0 amide bonds. The van der Waals surface area contributed by atoms with Crippen molar-refractivity contribution in [3.8, 4) is 5.75 Å². The van der Waals surface area contributed by atoms with Crippen LogP contribution in [0.2, 0.25) is 0 Å². The van der Waals surface area contributed by atoms with Crippen LogP contribution in [0, 0.1) is 6.92 Å².